The fourth-order valence-electron chi connectivity index (χ4n) is 6.38. The van der Waals surface area contributed by atoms with Crippen LogP contribution in [0.2, 0.25) is 0 Å². The highest BCUT2D eigenvalue weighted by Gasteiger charge is 2.29. The van der Waals surface area contributed by atoms with Gasteiger partial charge in [-0.3, -0.25) is 14.6 Å². The molecule has 2 aromatic heterocycles. The number of hydrogen-bond acceptors (Lipinski definition) is 4. The van der Waals surface area contributed by atoms with E-state index < -0.39 is 5.82 Å². The van der Waals surface area contributed by atoms with Crippen molar-refractivity contribution < 1.29 is 14.0 Å². The summed E-state index contributed by atoms with van der Waals surface area (Å²) in [5.74, 6) is 0.742. The minimum absolute atomic E-state index is 0.00538. The Bertz CT molecular complexity index is 1400. The van der Waals surface area contributed by atoms with Crippen molar-refractivity contribution in [3.8, 4) is 5.69 Å². The van der Waals surface area contributed by atoms with E-state index in [1.165, 1.54) is 23.1 Å². The van der Waals surface area contributed by atoms with Crippen LogP contribution in [0.5, 0.6) is 0 Å². The largest absolute Gasteiger partial charge is 0.346 e. The molecule has 2 atom stereocenters. The van der Waals surface area contributed by atoms with Gasteiger partial charge in [-0.15, -0.1) is 0 Å². The van der Waals surface area contributed by atoms with Crippen LogP contribution < -0.4 is 0 Å². The van der Waals surface area contributed by atoms with E-state index in [1.54, 1.807) is 18.0 Å². The Labute approximate surface area is 236 Å². The van der Waals surface area contributed by atoms with Gasteiger partial charge < -0.3 is 19.3 Å². The van der Waals surface area contributed by atoms with Crippen LogP contribution >= 0.6 is 0 Å². The van der Waals surface area contributed by atoms with E-state index in [0.29, 0.717) is 29.5 Å². The Balaban J connectivity index is 1.40. The van der Waals surface area contributed by atoms with Gasteiger partial charge in [-0.05, 0) is 94.2 Å². The maximum Gasteiger partial charge on any atom is 0.256 e. The van der Waals surface area contributed by atoms with Crippen molar-refractivity contribution in [3.63, 3.8) is 0 Å². The van der Waals surface area contributed by atoms with Crippen LogP contribution in [-0.2, 0) is 11.2 Å². The van der Waals surface area contributed by atoms with Crippen molar-refractivity contribution in [1.29, 1.82) is 0 Å². The first-order valence-electron chi connectivity index (χ1n) is 14.6. The van der Waals surface area contributed by atoms with Crippen LogP contribution in [0.3, 0.4) is 0 Å². The number of aryl methyl sites for hydroxylation is 1. The normalized spacial score (nSPS) is 20.5. The van der Waals surface area contributed by atoms with Crippen LogP contribution in [0.1, 0.15) is 61.0 Å². The summed E-state index contributed by atoms with van der Waals surface area (Å²) >= 11 is 0. The lowest BCUT2D eigenvalue weighted by molar-refractivity contribution is -0.129. The highest BCUT2D eigenvalue weighted by atomic mass is 19.1. The van der Waals surface area contributed by atoms with E-state index in [-0.39, 0.29) is 17.9 Å². The summed E-state index contributed by atoms with van der Waals surface area (Å²) < 4.78 is 16.4. The van der Waals surface area contributed by atoms with E-state index in [4.69, 9.17) is 0 Å². The smallest absolute Gasteiger partial charge is 0.256 e. The molecule has 0 bridgehead atoms. The number of carbonyl (C=O) groups is 2. The molecule has 40 heavy (non-hydrogen) atoms. The van der Waals surface area contributed by atoms with Crippen molar-refractivity contribution in [1.82, 2.24) is 24.3 Å². The summed E-state index contributed by atoms with van der Waals surface area (Å²) in [6, 6.07) is 4.46. The zero-order valence-electron chi connectivity index (χ0n) is 24.5. The molecule has 1 unspecified atom stereocenters. The lowest BCUT2D eigenvalue weighted by Crippen LogP contribution is -2.33. The van der Waals surface area contributed by atoms with Gasteiger partial charge in [0.1, 0.15) is 5.82 Å². The van der Waals surface area contributed by atoms with Gasteiger partial charge in [0.2, 0.25) is 5.91 Å². The molecule has 214 valence electrons. The molecule has 8 heteroatoms. The van der Waals surface area contributed by atoms with E-state index in [0.717, 1.165) is 62.9 Å². The quantitative estimate of drug-likeness (QED) is 0.414. The van der Waals surface area contributed by atoms with E-state index in [2.05, 4.69) is 23.0 Å². The van der Waals surface area contributed by atoms with Gasteiger partial charge in [-0.1, -0.05) is 0 Å². The summed E-state index contributed by atoms with van der Waals surface area (Å²) in [6.07, 6.45) is 10.7. The second kappa shape index (κ2) is 11.7. The summed E-state index contributed by atoms with van der Waals surface area (Å²) in [5.41, 5.74) is 4.29. The van der Waals surface area contributed by atoms with Crippen molar-refractivity contribution in [2.75, 3.05) is 40.3 Å². The molecule has 2 saturated heterocycles. The van der Waals surface area contributed by atoms with Gasteiger partial charge >= 0.3 is 0 Å². The van der Waals surface area contributed by atoms with Gasteiger partial charge in [0.05, 0.1) is 23.0 Å². The first kappa shape index (κ1) is 28.3. The number of carbonyl (C=O) groups excluding carboxylic acids is 2. The predicted octanol–water partition coefficient (Wildman–Crippen LogP) is 5.08. The number of pyridine rings is 1. The average molecular weight is 548 g/mol. The monoisotopic (exact) mass is 547 g/mol. The topological polar surface area (TPSA) is 61.7 Å². The number of benzene rings is 1. The molecule has 2 fully saturated rings. The molecule has 0 aliphatic carbocycles. The predicted molar refractivity (Wildman–Crippen MR) is 156 cm³/mol. The Hall–Kier alpha value is -3.26. The third kappa shape index (κ3) is 5.78. The minimum atomic E-state index is -0.425. The summed E-state index contributed by atoms with van der Waals surface area (Å²) in [6.45, 7) is 10.0. The molecule has 0 N–H and O–H groups in total. The molecule has 0 radical (unpaired) electrons. The van der Waals surface area contributed by atoms with Crippen LogP contribution in [0, 0.1) is 24.6 Å². The summed E-state index contributed by atoms with van der Waals surface area (Å²) in [5, 5.41) is 1.17. The fraction of sp³-hybridized carbons (Fsp3) is 0.531. The molecular formula is C32H42FN5O2. The fourth-order valence-corrected chi connectivity index (χ4v) is 6.38. The molecular weight excluding hydrogens is 505 g/mol. The SMILES string of the molecule is Cc1cncc2c1c(C[C@@H]1CCN(CC3CCC(=O)N(C)CC3)C1)cn2-c1ccc(F)cc1C(=O)N(C)C(C)C. The third-order valence-electron chi connectivity index (χ3n) is 8.98. The third-order valence-corrected chi connectivity index (χ3v) is 8.98. The zero-order chi connectivity index (χ0) is 28.6. The maximum absolute atomic E-state index is 14.4. The Kier molecular flexibility index (Phi) is 8.26. The maximum atomic E-state index is 14.4. The number of hydrogen-bond donors (Lipinski definition) is 0. The first-order valence-corrected chi connectivity index (χ1v) is 14.6. The lowest BCUT2D eigenvalue weighted by atomic mass is 9.97. The van der Waals surface area contributed by atoms with Gasteiger partial charge in [-0.2, -0.15) is 0 Å². The number of rotatable bonds is 7. The highest BCUT2D eigenvalue weighted by molar-refractivity contribution is 5.99. The van der Waals surface area contributed by atoms with Crippen LogP contribution in [0.4, 0.5) is 4.39 Å². The highest BCUT2D eigenvalue weighted by Crippen LogP contribution is 2.33. The summed E-state index contributed by atoms with van der Waals surface area (Å²) in [4.78, 5) is 36.0. The molecule has 1 aromatic carbocycles. The molecule has 5 rings (SSSR count). The molecule has 2 amide bonds. The minimum Gasteiger partial charge on any atom is -0.346 e. The van der Waals surface area contributed by atoms with Gasteiger partial charge in [0.25, 0.3) is 5.91 Å². The van der Waals surface area contributed by atoms with Crippen molar-refractivity contribution in [2.45, 2.75) is 58.9 Å². The second-order valence-corrected chi connectivity index (χ2v) is 12.2. The Morgan fingerprint density at radius 3 is 2.70 bits per heavy atom. The number of halogens is 1. The number of fused-ring (bicyclic) bond motifs is 1. The van der Waals surface area contributed by atoms with Crippen molar-refractivity contribution >= 4 is 22.7 Å². The first-order chi connectivity index (χ1) is 19.1. The Morgan fingerprint density at radius 2 is 1.93 bits per heavy atom. The average Bonchev–Trinajstić information content (AvgIpc) is 3.49. The lowest BCUT2D eigenvalue weighted by Gasteiger charge is -2.23. The van der Waals surface area contributed by atoms with Crippen LogP contribution in [0.15, 0.2) is 36.8 Å². The van der Waals surface area contributed by atoms with E-state index in [9.17, 15) is 14.0 Å². The van der Waals surface area contributed by atoms with Gasteiger partial charge in [-0.25, -0.2) is 4.39 Å². The van der Waals surface area contributed by atoms with Crippen molar-refractivity contribution in [2.24, 2.45) is 11.8 Å². The van der Waals surface area contributed by atoms with Crippen LogP contribution in [0.25, 0.3) is 16.6 Å². The van der Waals surface area contributed by atoms with Gasteiger partial charge in [0.15, 0.2) is 0 Å². The second-order valence-electron chi connectivity index (χ2n) is 12.2. The zero-order valence-corrected chi connectivity index (χ0v) is 24.5. The number of aromatic nitrogens is 2. The standard InChI is InChI=1S/C32H42FN5O2/c1-21(2)36(5)32(40)27-15-26(33)7-8-28(27)38-20-25(31-22(3)16-34-17-29(31)38)14-24-11-13-37(19-24)18-23-6-9-30(39)35(4)12-10-23/h7-8,15-17,20-21,23-24H,6,9-14,18-19H2,1-5H3/t23?,24-/m0/s1. The Morgan fingerprint density at radius 1 is 1.15 bits per heavy atom. The number of nitrogens with zero attached hydrogens (tertiary/aromatic N) is 5. The molecule has 7 nitrogen and oxygen atoms in total. The number of amides is 2. The summed E-state index contributed by atoms with van der Waals surface area (Å²) in [7, 11) is 3.67. The molecule has 4 heterocycles. The van der Waals surface area contributed by atoms with Crippen LogP contribution in [-0.4, -0.2) is 82.4 Å². The molecule has 0 saturated carbocycles. The van der Waals surface area contributed by atoms with E-state index >= 15 is 0 Å². The number of likely N-dealkylation sites (tertiary alicyclic amines) is 2. The van der Waals surface area contributed by atoms with Gasteiger partial charge in [0, 0.05) is 64.0 Å². The van der Waals surface area contributed by atoms with E-state index in [1.807, 2.05) is 42.8 Å². The molecule has 2 aliphatic heterocycles. The molecule has 2 aliphatic rings. The molecule has 3 aromatic rings. The van der Waals surface area contributed by atoms with Crippen molar-refractivity contribution in [3.05, 3.63) is 59.3 Å². The molecule has 0 spiro atoms.